The van der Waals surface area contributed by atoms with Gasteiger partial charge in [-0.2, -0.15) is 5.10 Å². The highest BCUT2D eigenvalue weighted by Gasteiger charge is 2.35. The van der Waals surface area contributed by atoms with Crippen LogP contribution in [0.25, 0.3) is 23.0 Å². The van der Waals surface area contributed by atoms with Crippen LogP contribution in [-0.2, 0) is 16.1 Å². The molecule has 0 aliphatic carbocycles. The summed E-state index contributed by atoms with van der Waals surface area (Å²) in [7, 11) is 0. The summed E-state index contributed by atoms with van der Waals surface area (Å²) in [5, 5.41) is 6.04. The van der Waals surface area contributed by atoms with Crippen molar-refractivity contribution in [3.8, 4) is 22.7 Å². The summed E-state index contributed by atoms with van der Waals surface area (Å²) in [6.45, 7) is 1.54. The molecule has 2 aliphatic rings. The summed E-state index contributed by atoms with van der Waals surface area (Å²) < 4.78 is 14.1. The lowest BCUT2D eigenvalue weighted by Gasteiger charge is -2.18. The van der Waals surface area contributed by atoms with Crippen LogP contribution in [0, 0.1) is 0 Å². The minimum atomic E-state index is -0.0986. The molecule has 0 bridgehead atoms. The number of rotatable bonds is 8. The van der Waals surface area contributed by atoms with Crippen molar-refractivity contribution in [3.05, 3.63) is 105 Å². The zero-order chi connectivity index (χ0) is 28.3. The molecule has 1 amide bonds. The number of para-hydroxylation sites is 1. The van der Waals surface area contributed by atoms with Crippen molar-refractivity contribution in [3.63, 3.8) is 0 Å². The number of thioether (sulfide) groups is 1. The molecular formula is C31H25Cl2N3O3S2. The van der Waals surface area contributed by atoms with Crippen LogP contribution in [0.4, 0.5) is 0 Å². The molecule has 2 saturated heterocycles. The van der Waals surface area contributed by atoms with E-state index < -0.39 is 0 Å². The van der Waals surface area contributed by atoms with E-state index in [0.717, 1.165) is 47.5 Å². The minimum absolute atomic E-state index is 0.0321. The number of aromatic nitrogens is 2. The Bertz CT molecular complexity index is 1620. The molecule has 4 aromatic rings. The van der Waals surface area contributed by atoms with Crippen molar-refractivity contribution in [2.75, 3.05) is 13.2 Å². The zero-order valence-electron chi connectivity index (χ0n) is 21.8. The largest absolute Gasteiger partial charge is 0.489 e. The number of carbonyl (C=O) groups excluding carboxylic acids is 1. The van der Waals surface area contributed by atoms with Crippen molar-refractivity contribution in [1.82, 2.24) is 14.7 Å². The number of amides is 1. The molecule has 0 saturated carbocycles. The van der Waals surface area contributed by atoms with E-state index in [1.54, 1.807) is 17.0 Å². The molecule has 208 valence electrons. The Kier molecular flexibility index (Phi) is 8.46. The molecule has 6 nitrogen and oxygen atoms in total. The normalized spacial score (nSPS) is 18.0. The van der Waals surface area contributed by atoms with Gasteiger partial charge in [0.1, 0.15) is 16.7 Å². The Labute approximate surface area is 257 Å². The van der Waals surface area contributed by atoms with Crippen molar-refractivity contribution < 1.29 is 14.3 Å². The van der Waals surface area contributed by atoms with E-state index in [9.17, 15) is 4.79 Å². The molecule has 6 rings (SSSR count). The zero-order valence-corrected chi connectivity index (χ0v) is 25.0. The molecule has 0 N–H and O–H groups in total. The van der Waals surface area contributed by atoms with E-state index in [0.29, 0.717) is 38.2 Å². The first-order valence-electron chi connectivity index (χ1n) is 13.1. The van der Waals surface area contributed by atoms with Gasteiger partial charge in [0.25, 0.3) is 5.91 Å². The van der Waals surface area contributed by atoms with E-state index in [1.165, 1.54) is 11.8 Å². The lowest BCUT2D eigenvalue weighted by atomic mass is 10.1. The Morgan fingerprint density at radius 1 is 1.10 bits per heavy atom. The van der Waals surface area contributed by atoms with Gasteiger partial charge in [-0.1, -0.05) is 71.4 Å². The first-order valence-corrected chi connectivity index (χ1v) is 15.1. The highest BCUT2D eigenvalue weighted by Crippen LogP contribution is 2.36. The van der Waals surface area contributed by atoms with Crippen LogP contribution in [-0.4, -0.2) is 44.2 Å². The Balaban J connectivity index is 1.27. The summed E-state index contributed by atoms with van der Waals surface area (Å²) >= 11 is 19.2. The fraction of sp³-hybridized carbons (Fsp3) is 0.194. The number of ether oxygens (including phenoxy) is 2. The van der Waals surface area contributed by atoms with Gasteiger partial charge >= 0.3 is 0 Å². The quantitative estimate of drug-likeness (QED) is 0.148. The average Bonchev–Trinajstić information content (AvgIpc) is 3.71. The lowest BCUT2D eigenvalue weighted by Crippen LogP contribution is -2.35. The van der Waals surface area contributed by atoms with Crippen LogP contribution in [0.3, 0.4) is 0 Å². The molecule has 0 radical (unpaired) electrons. The van der Waals surface area contributed by atoms with Crippen molar-refractivity contribution >= 4 is 63.5 Å². The Hall–Kier alpha value is -3.14. The topological polar surface area (TPSA) is 56.6 Å². The molecule has 3 aromatic carbocycles. The second kappa shape index (κ2) is 12.4. The van der Waals surface area contributed by atoms with Gasteiger partial charge in [0.15, 0.2) is 0 Å². The maximum Gasteiger partial charge on any atom is 0.266 e. The number of hydrogen-bond acceptors (Lipinski definition) is 6. The fourth-order valence-corrected chi connectivity index (χ4v) is 6.46. The van der Waals surface area contributed by atoms with Gasteiger partial charge in [-0.15, -0.1) is 0 Å². The standard InChI is InChI=1S/C31H25Cl2N3O3S2/c32-23-11-8-21(27(33)16-23)19-39-25-12-9-20(10-13-25)29-22(17-36(34-29)24-5-2-1-3-6-24)15-28-30(37)35(31(40)41-28)18-26-7-4-14-38-26/h1-3,5-6,8-13,15-17,26H,4,7,14,18-19H2/b28-15-. The summed E-state index contributed by atoms with van der Waals surface area (Å²) in [4.78, 5) is 15.6. The maximum atomic E-state index is 13.3. The van der Waals surface area contributed by atoms with Crippen molar-refractivity contribution in [2.24, 2.45) is 0 Å². The van der Waals surface area contributed by atoms with Crippen molar-refractivity contribution in [2.45, 2.75) is 25.6 Å². The van der Waals surface area contributed by atoms with Gasteiger partial charge in [-0.05, 0) is 67.4 Å². The predicted octanol–water partition coefficient (Wildman–Crippen LogP) is 7.81. The van der Waals surface area contributed by atoms with Crippen LogP contribution in [0.5, 0.6) is 5.75 Å². The van der Waals surface area contributed by atoms with Crippen LogP contribution in [0.1, 0.15) is 24.0 Å². The smallest absolute Gasteiger partial charge is 0.266 e. The Morgan fingerprint density at radius 3 is 2.63 bits per heavy atom. The van der Waals surface area contributed by atoms with E-state index in [2.05, 4.69) is 0 Å². The second-order valence-corrected chi connectivity index (χ2v) is 12.2. The van der Waals surface area contributed by atoms with Gasteiger partial charge in [-0.25, -0.2) is 4.68 Å². The summed E-state index contributed by atoms with van der Waals surface area (Å²) in [6.07, 6.45) is 5.80. The van der Waals surface area contributed by atoms with E-state index in [-0.39, 0.29) is 12.0 Å². The molecule has 3 heterocycles. The third-order valence-electron chi connectivity index (χ3n) is 6.87. The second-order valence-electron chi connectivity index (χ2n) is 9.69. The highest BCUT2D eigenvalue weighted by molar-refractivity contribution is 8.26. The number of thiocarbonyl (C=S) groups is 1. The summed E-state index contributed by atoms with van der Waals surface area (Å²) in [5.41, 5.74) is 4.20. The average molecular weight is 623 g/mol. The van der Waals surface area contributed by atoms with Gasteiger partial charge in [-0.3, -0.25) is 9.69 Å². The monoisotopic (exact) mass is 621 g/mol. The number of nitrogens with zero attached hydrogens (tertiary/aromatic N) is 3. The number of hydrogen-bond donors (Lipinski definition) is 0. The third-order valence-corrected chi connectivity index (χ3v) is 8.84. The summed E-state index contributed by atoms with van der Waals surface area (Å²) in [5.74, 6) is 0.595. The van der Waals surface area contributed by atoms with Crippen molar-refractivity contribution in [1.29, 1.82) is 0 Å². The van der Waals surface area contributed by atoms with Crippen LogP contribution in [0.2, 0.25) is 10.0 Å². The van der Waals surface area contributed by atoms with E-state index in [4.69, 9.17) is 50.0 Å². The molecule has 2 fully saturated rings. The minimum Gasteiger partial charge on any atom is -0.489 e. The SMILES string of the molecule is O=C1/C(=C/c2cn(-c3ccccc3)nc2-c2ccc(OCc3ccc(Cl)cc3Cl)cc2)SC(=S)N1CC1CCCO1. The van der Waals surface area contributed by atoms with Gasteiger partial charge in [0, 0.05) is 39.5 Å². The molecule has 2 aliphatic heterocycles. The van der Waals surface area contributed by atoms with Gasteiger partial charge in [0.05, 0.1) is 28.9 Å². The van der Waals surface area contributed by atoms with Crippen LogP contribution in [0.15, 0.2) is 83.9 Å². The molecule has 1 aromatic heterocycles. The van der Waals surface area contributed by atoms with Crippen LogP contribution >= 0.6 is 47.2 Å². The first kappa shape index (κ1) is 28.0. The fourth-order valence-electron chi connectivity index (χ4n) is 4.73. The predicted molar refractivity (Wildman–Crippen MR) is 169 cm³/mol. The molecule has 0 spiro atoms. The molecule has 41 heavy (non-hydrogen) atoms. The van der Waals surface area contributed by atoms with Gasteiger partial charge < -0.3 is 9.47 Å². The van der Waals surface area contributed by atoms with E-state index >= 15 is 0 Å². The number of benzene rings is 3. The van der Waals surface area contributed by atoms with Crippen LogP contribution < -0.4 is 4.74 Å². The molecular weight excluding hydrogens is 597 g/mol. The highest BCUT2D eigenvalue weighted by atomic mass is 35.5. The third kappa shape index (κ3) is 6.37. The summed E-state index contributed by atoms with van der Waals surface area (Å²) in [6, 6.07) is 22.9. The molecule has 1 atom stereocenters. The van der Waals surface area contributed by atoms with E-state index in [1.807, 2.05) is 77.6 Å². The first-order chi connectivity index (χ1) is 19.9. The van der Waals surface area contributed by atoms with Gasteiger partial charge in [0.2, 0.25) is 0 Å². The maximum absolute atomic E-state index is 13.3. The molecule has 1 unspecified atom stereocenters. The number of carbonyl (C=O) groups is 1. The molecule has 10 heteroatoms. The number of halogens is 2. The lowest BCUT2D eigenvalue weighted by molar-refractivity contribution is -0.123. The Morgan fingerprint density at radius 2 is 1.90 bits per heavy atom.